The highest BCUT2D eigenvalue weighted by molar-refractivity contribution is 7.92. The first-order valence-electron chi connectivity index (χ1n) is 7.31. The summed E-state index contributed by atoms with van der Waals surface area (Å²) in [5.74, 6) is -1.75. The topological polar surface area (TPSA) is 122 Å². The molecule has 3 amide bonds. The lowest BCUT2D eigenvalue weighted by Crippen LogP contribution is -2.44. The maximum atomic E-state index is 12.0. The van der Waals surface area contributed by atoms with Crippen molar-refractivity contribution in [3.8, 4) is 0 Å². The minimum atomic E-state index is -3.75. The molecule has 1 atom stereocenters. The van der Waals surface area contributed by atoms with E-state index in [-0.39, 0.29) is 0 Å². The van der Waals surface area contributed by atoms with E-state index < -0.39 is 40.6 Å². The van der Waals surface area contributed by atoms with Gasteiger partial charge >= 0.3 is 12.0 Å². The van der Waals surface area contributed by atoms with Gasteiger partial charge in [0.2, 0.25) is 10.0 Å². The Bertz CT molecular complexity index is 762. The zero-order valence-corrected chi connectivity index (χ0v) is 15.2. The maximum Gasteiger partial charge on any atom is 0.327 e. The summed E-state index contributed by atoms with van der Waals surface area (Å²) in [6, 6.07) is 5.91. The van der Waals surface area contributed by atoms with Crippen LogP contribution in [-0.4, -0.2) is 52.3 Å². The summed E-state index contributed by atoms with van der Waals surface area (Å²) in [4.78, 5) is 34.8. The molecule has 0 aliphatic heterocycles. The SMILES string of the molecule is CNC(=O)NC(=O)[C@H](C)OC(=O)CN(c1ccccc1C)S(C)(=O)=O. The van der Waals surface area contributed by atoms with Crippen LogP contribution in [0.1, 0.15) is 12.5 Å². The van der Waals surface area contributed by atoms with E-state index >= 15 is 0 Å². The van der Waals surface area contributed by atoms with E-state index in [4.69, 9.17) is 4.74 Å². The van der Waals surface area contributed by atoms with Crippen molar-refractivity contribution in [1.82, 2.24) is 10.6 Å². The van der Waals surface area contributed by atoms with Crippen LogP contribution < -0.4 is 14.9 Å². The molecule has 0 aliphatic carbocycles. The van der Waals surface area contributed by atoms with E-state index in [9.17, 15) is 22.8 Å². The number of carbonyl (C=O) groups is 3. The number of nitrogens with zero attached hydrogens (tertiary/aromatic N) is 1. The second-order valence-electron chi connectivity index (χ2n) is 5.26. The zero-order valence-electron chi connectivity index (χ0n) is 14.4. The van der Waals surface area contributed by atoms with Gasteiger partial charge < -0.3 is 10.1 Å². The monoisotopic (exact) mass is 371 g/mol. The van der Waals surface area contributed by atoms with Crippen molar-refractivity contribution in [2.24, 2.45) is 0 Å². The van der Waals surface area contributed by atoms with Crippen LogP contribution in [0.15, 0.2) is 24.3 Å². The number of rotatable bonds is 6. The molecule has 2 N–H and O–H groups in total. The molecular formula is C15H21N3O6S. The highest BCUT2D eigenvalue weighted by Crippen LogP contribution is 2.21. The van der Waals surface area contributed by atoms with E-state index in [1.165, 1.54) is 14.0 Å². The van der Waals surface area contributed by atoms with Crippen LogP contribution in [0, 0.1) is 6.92 Å². The normalized spacial score (nSPS) is 12.0. The highest BCUT2D eigenvalue weighted by Gasteiger charge is 2.26. The Morgan fingerprint density at radius 1 is 1.24 bits per heavy atom. The lowest BCUT2D eigenvalue weighted by Gasteiger charge is -2.23. The number of nitrogens with one attached hydrogen (secondary N) is 2. The van der Waals surface area contributed by atoms with Gasteiger partial charge in [0.05, 0.1) is 11.9 Å². The molecule has 138 valence electrons. The number of aryl methyl sites for hydroxylation is 1. The van der Waals surface area contributed by atoms with Crippen LogP contribution in [0.5, 0.6) is 0 Å². The van der Waals surface area contributed by atoms with Gasteiger partial charge in [0.15, 0.2) is 6.10 Å². The Morgan fingerprint density at radius 3 is 2.36 bits per heavy atom. The third-order valence-corrected chi connectivity index (χ3v) is 4.32. The number of hydrogen-bond acceptors (Lipinski definition) is 6. The Hall–Kier alpha value is -2.62. The molecular weight excluding hydrogens is 350 g/mol. The fourth-order valence-corrected chi connectivity index (χ4v) is 2.81. The van der Waals surface area contributed by atoms with Gasteiger partial charge in [-0.25, -0.2) is 13.2 Å². The lowest BCUT2D eigenvalue weighted by atomic mass is 10.2. The molecule has 0 unspecified atom stereocenters. The summed E-state index contributed by atoms with van der Waals surface area (Å²) >= 11 is 0. The van der Waals surface area contributed by atoms with Crippen molar-refractivity contribution >= 4 is 33.6 Å². The molecule has 9 nitrogen and oxygen atoms in total. The fourth-order valence-electron chi connectivity index (χ4n) is 1.91. The molecule has 25 heavy (non-hydrogen) atoms. The van der Waals surface area contributed by atoms with Crippen LogP contribution >= 0.6 is 0 Å². The molecule has 0 fully saturated rings. The highest BCUT2D eigenvalue weighted by atomic mass is 32.2. The first-order chi connectivity index (χ1) is 11.6. The largest absolute Gasteiger partial charge is 0.451 e. The number of ether oxygens (including phenoxy) is 1. The van der Waals surface area contributed by atoms with Crippen molar-refractivity contribution in [2.75, 3.05) is 24.2 Å². The third-order valence-electron chi connectivity index (χ3n) is 3.20. The standard InChI is InChI=1S/C15H21N3O6S/c1-10-7-5-6-8-12(10)18(25(4,22)23)9-13(19)24-11(2)14(20)17-15(21)16-3/h5-8,11H,9H2,1-4H3,(H2,16,17,20,21)/t11-/m0/s1. The van der Waals surface area contributed by atoms with E-state index in [0.717, 1.165) is 10.6 Å². The van der Waals surface area contributed by atoms with Gasteiger partial charge in [-0.1, -0.05) is 18.2 Å². The molecule has 0 bridgehead atoms. The van der Waals surface area contributed by atoms with E-state index in [0.29, 0.717) is 11.3 Å². The second-order valence-corrected chi connectivity index (χ2v) is 7.16. The smallest absolute Gasteiger partial charge is 0.327 e. The quantitative estimate of drug-likeness (QED) is 0.687. The van der Waals surface area contributed by atoms with Gasteiger partial charge in [0, 0.05) is 7.05 Å². The molecule has 10 heteroatoms. The number of carbonyl (C=O) groups excluding carboxylic acids is 3. The van der Waals surface area contributed by atoms with Gasteiger partial charge in [0.25, 0.3) is 5.91 Å². The molecule has 0 heterocycles. The van der Waals surface area contributed by atoms with E-state index in [1.807, 2.05) is 5.32 Å². The summed E-state index contributed by atoms with van der Waals surface area (Å²) in [5.41, 5.74) is 0.996. The summed E-state index contributed by atoms with van der Waals surface area (Å²) in [7, 11) is -2.42. The molecule has 0 saturated carbocycles. The first-order valence-corrected chi connectivity index (χ1v) is 9.16. The van der Waals surface area contributed by atoms with Crippen LogP contribution in [0.2, 0.25) is 0 Å². The number of amides is 3. The number of hydrogen-bond donors (Lipinski definition) is 2. The number of para-hydroxylation sites is 1. The van der Waals surface area contributed by atoms with E-state index in [1.54, 1.807) is 31.2 Å². The molecule has 0 aliphatic rings. The summed E-state index contributed by atoms with van der Waals surface area (Å²) in [5, 5.41) is 4.15. The Kier molecular flexibility index (Phi) is 6.92. The van der Waals surface area contributed by atoms with Crippen LogP contribution in [0.3, 0.4) is 0 Å². The van der Waals surface area contributed by atoms with Crippen molar-refractivity contribution < 1.29 is 27.5 Å². The molecule has 1 aromatic carbocycles. The predicted molar refractivity (Wildman–Crippen MR) is 91.5 cm³/mol. The van der Waals surface area contributed by atoms with Gasteiger partial charge in [-0.05, 0) is 25.5 Å². The number of anilines is 1. The van der Waals surface area contributed by atoms with E-state index in [2.05, 4.69) is 5.32 Å². The summed E-state index contributed by atoms with van der Waals surface area (Å²) in [6.45, 7) is 2.38. The van der Waals surface area contributed by atoms with Crippen molar-refractivity contribution in [3.05, 3.63) is 29.8 Å². The second kappa shape index (κ2) is 8.47. The lowest BCUT2D eigenvalue weighted by molar-refractivity contribution is -0.152. The molecule has 0 radical (unpaired) electrons. The average Bonchev–Trinajstić information content (AvgIpc) is 2.52. The molecule has 0 saturated heterocycles. The maximum absolute atomic E-state index is 12.0. The Labute approximate surface area is 146 Å². The van der Waals surface area contributed by atoms with Crippen molar-refractivity contribution in [3.63, 3.8) is 0 Å². The number of benzene rings is 1. The van der Waals surface area contributed by atoms with Crippen LogP contribution in [0.25, 0.3) is 0 Å². The van der Waals surface area contributed by atoms with Gasteiger partial charge in [-0.15, -0.1) is 0 Å². The first kappa shape index (κ1) is 20.4. The minimum Gasteiger partial charge on any atom is -0.451 e. The zero-order chi connectivity index (χ0) is 19.2. The Balaban J connectivity index is 2.86. The number of esters is 1. The van der Waals surface area contributed by atoms with Crippen molar-refractivity contribution in [2.45, 2.75) is 20.0 Å². The molecule has 0 aromatic heterocycles. The molecule has 1 aromatic rings. The molecule has 0 spiro atoms. The van der Waals surface area contributed by atoms with Gasteiger partial charge in [-0.2, -0.15) is 0 Å². The summed E-state index contributed by atoms with van der Waals surface area (Å²) < 4.78 is 29.8. The molecule has 1 rings (SSSR count). The summed E-state index contributed by atoms with van der Waals surface area (Å²) in [6.07, 6.45) is -0.294. The Morgan fingerprint density at radius 2 is 1.84 bits per heavy atom. The van der Waals surface area contributed by atoms with Crippen molar-refractivity contribution in [1.29, 1.82) is 0 Å². The fraction of sp³-hybridized carbons (Fsp3) is 0.400. The third kappa shape index (κ3) is 6.07. The minimum absolute atomic E-state index is 0.337. The number of urea groups is 1. The van der Waals surface area contributed by atoms with Crippen LogP contribution in [0.4, 0.5) is 10.5 Å². The van der Waals surface area contributed by atoms with Crippen LogP contribution in [-0.2, 0) is 24.3 Å². The predicted octanol–water partition coefficient (Wildman–Crippen LogP) is 0.148. The van der Waals surface area contributed by atoms with Gasteiger partial charge in [-0.3, -0.25) is 19.2 Å². The number of imide groups is 1. The van der Waals surface area contributed by atoms with Gasteiger partial charge in [0.1, 0.15) is 6.54 Å². The average molecular weight is 371 g/mol. The number of sulfonamides is 1.